The number of hydrogen-bond acceptors (Lipinski definition) is 8. The molecule has 26 heavy (non-hydrogen) atoms. The van der Waals surface area contributed by atoms with Gasteiger partial charge in [-0.3, -0.25) is 0 Å². The molecule has 3 fully saturated rings. The summed E-state index contributed by atoms with van der Waals surface area (Å²) in [5.74, 6) is -3.24. The second-order valence-corrected chi connectivity index (χ2v) is 8.98. The molecule has 3 aliphatic rings. The van der Waals surface area contributed by atoms with Crippen molar-refractivity contribution in [3.8, 4) is 0 Å². The molecule has 0 bridgehead atoms. The second kappa shape index (κ2) is 6.36. The quantitative estimate of drug-likeness (QED) is 0.479. The zero-order valence-electron chi connectivity index (χ0n) is 15.8. The molecule has 0 aromatic rings. The van der Waals surface area contributed by atoms with Gasteiger partial charge in [-0.25, -0.2) is 4.18 Å². The average molecular weight is 394 g/mol. The number of ether oxygens (including phenoxy) is 5. The summed E-state index contributed by atoms with van der Waals surface area (Å²) < 4.78 is 61.9. The first-order valence-corrected chi connectivity index (χ1v) is 9.68. The van der Waals surface area contributed by atoms with Crippen LogP contribution in [0.3, 0.4) is 0 Å². The van der Waals surface area contributed by atoms with Gasteiger partial charge in [-0.1, -0.05) is 0 Å². The van der Waals surface area contributed by atoms with Crippen molar-refractivity contribution >= 4 is 16.6 Å². The van der Waals surface area contributed by atoms with Crippen LogP contribution in [-0.4, -0.2) is 82.6 Å². The molecule has 0 radical (unpaired) electrons. The summed E-state index contributed by atoms with van der Waals surface area (Å²) in [4.78, 5) is 1.48. The fourth-order valence-electron chi connectivity index (χ4n) is 3.29. The minimum Gasteiger partial charge on any atom is -0.368 e. The molecule has 0 amide bonds. The molecular formula is C15H26N2O8S. The molecule has 11 heteroatoms. The first kappa shape index (κ1) is 19.9. The van der Waals surface area contributed by atoms with Crippen LogP contribution in [0.4, 0.5) is 0 Å². The molecule has 0 aromatic heterocycles. The van der Waals surface area contributed by atoms with Crippen LogP contribution >= 0.6 is 0 Å². The van der Waals surface area contributed by atoms with E-state index in [-0.39, 0.29) is 12.7 Å². The SMILES string of the molecule is CN(C)/C=N\S(=O)(=O)OC[C@@]12OCC3OC(C)(C)OC3C1OC(C)(C)O2. The van der Waals surface area contributed by atoms with Crippen molar-refractivity contribution < 1.29 is 36.3 Å². The van der Waals surface area contributed by atoms with Gasteiger partial charge >= 0.3 is 10.3 Å². The highest BCUT2D eigenvalue weighted by Gasteiger charge is 2.65. The van der Waals surface area contributed by atoms with Gasteiger partial charge < -0.3 is 28.6 Å². The molecule has 3 aliphatic heterocycles. The molecule has 3 rings (SSSR count). The fourth-order valence-corrected chi connectivity index (χ4v) is 3.96. The molecule has 0 spiro atoms. The van der Waals surface area contributed by atoms with Gasteiger partial charge in [0.1, 0.15) is 31.3 Å². The second-order valence-electron chi connectivity index (χ2n) is 7.68. The zero-order valence-corrected chi connectivity index (χ0v) is 16.6. The number of hydrogen-bond donors (Lipinski definition) is 0. The van der Waals surface area contributed by atoms with E-state index in [0.29, 0.717) is 0 Å². The maximum atomic E-state index is 12.0. The highest BCUT2D eigenvalue weighted by Crippen LogP contribution is 2.47. The van der Waals surface area contributed by atoms with Crippen molar-refractivity contribution in [2.24, 2.45) is 4.40 Å². The monoisotopic (exact) mass is 394 g/mol. The standard InChI is InChI=1S/C15H26N2O8S/c1-13(2)22-10-7-20-15(8-21-26(18,19)16-9-17(5)6)12(11(10)23-13)24-14(3,4)25-15/h9-12H,7-8H2,1-6H3/b16-9-/t10?,11?,12?,15-/m0/s1. The van der Waals surface area contributed by atoms with Crippen LogP contribution in [0, 0.1) is 0 Å². The largest absolute Gasteiger partial charge is 0.382 e. The Bertz CT molecular complexity index is 677. The van der Waals surface area contributed by atoms with Gasteiger partial charge in [-0.2, -0.15) is 8.42 Å². The lowest BCUT2D eigenvalue weighted by Crippen LogP contribution is -2.60. The molecule has 10 nitrogen and oxygen atoms in total. The number of rotatable bonds is 5. The van der Waals surface area contributed by atoms with Crippen LogP contribution in [0.2, 0.25) is 0 Å². The summed E-state index contributed by atoms with van der Waals surface area (Å²) >= 11 is 0. The zero-order chi connectivity index (χ0) is 19.4. The summed E-state index contributed by atoms with van der Waals surface area (Å²) in [5.41, 5.74) is 0. The normalized spacial score (nSPS) is 38.3. The van der Waals surface area contributed by atoms with Crippen LogP contribution in [0.1, 0.15) is 27.7 Å². The molecule has 0 aliphatic carbocycles. The molecule has 4 atom stereocenters. The van der Waals surface area contributed by atoms with Crippen LogP contribution in [-0.2, 0) is 38.2 Å². The van der Waals surface area contributed by atoms with E-state index in [9.17, 15) is 8.42 Å². The Morgan fingerprint density at radius 3 is 2.50 bits per heavy atom. The fraction of sp³-hybridized carbons (Fsp3) is 0.933. The van der Waals surface area contributed by atoms with Gasteiger partial charge in [0.15, 0.2) is 11.6 Å². The minimum absolute atomic E-state index is 0.161. The van der Waals surface area contributed by atoms with E-state index in [1.807, 2.05) is 0 Å². The molecule has 3 heterocycles. The van der Waals surface area contributed by atoms with Gasteiger partial charge in [-0.05, 0) is 27.7 Å². The summed E-state index contributed by atoms with van der Waals surface area (Å²) in [7, 11) is -0.869. The van der Waals surface area contributed by atoms with E-state index in [1.165, 1.54) is 4.90 Å². The summed E-state index contributed by atoms with van der Waals surface area (Å²) in [6.07, 6.45) is -0.401. The lowest BCUT2D eigenvalue weighted by Gasteiger charge is -2.40. The lowest BCUT2D eigenvalue weighted by atomic mass is 9.98. The van der Waals surface area contributed by atoms with Crippen molar-refractivity contribution in [1.82, 2.24) is 4.90 Å². The molecule has 0 saturated carbocycles. The topological polar surface area (TPSA) is 105 Å². The Morgan fingerprint density at radius 2 is 1.85 bits per heavy atom. The molecule has 3 saturated heterocycles. The van der Waals surface area contributed by atoms with E-state index in [4.69, 9.17) is 27.9 Å². The summed E-state index contributed by atoms with van der Waals surface area (Å²) in [5, 5.41) is 0. The minimum atomic E-state index is -4.16. The smallest absolute Gasteiger partial charge is 0.368 e. The Balaban J connectivity index is 1.80. The third kappa shape index (κ3) is 4.03. The maximum Gasteiger partial charge on any atom is 0.382 e. The van der Waals surface area contributed by atoms with Crippen LogP contribution in [0.25, 0.3) is 0 Å². The molecule has 0 N–H and O–H groups in total. The highest BCUT2D eigenvalue weighted by molar-refractivity contribution is 7.85. The molecule has 0 aromatic carbocycles. The first-order valence-electron chi connectivity index (χ1n) is 8.32. The Hall–Kier alpha value is -0.820. The molecule has 150 valence electrons. The highest BCUT2D eigenvalue weighted by atomic mass is 32.2. The average Bonchev–Trinajstić information content (AvgIpc) is 2.95. The predicted molar refractivity (Wildman–Crippen MR) is 89.6 cm³/mol. The Kier molecular flexibility index (Phi) is 4.88. The van der Waals surface area contributed by atoms with Gasteiger partial charge in [0, 0.05) is 14.1 Å². The number of nitrogens with zero attached hydrogens (tertiary/aromatic N) is 2. The van der Waals surface area contributed by atoms with Gasteiger partial charge in [0.25, 0.3) is 0 Å². The Morgan fingerprint density at radius 1 is 1.15 bits per heavy atom. The van der Waals surface area contributed by atoms with Gasteiger partial charge in [0.2, 0.25) is 5.79 Å². The van der Waals surface area contributed by atoms with Crippen molar-refractivity contribution in [2.45, 2.75) is 63.4 Å². The predicted octanol–water partition coefficient (Wildman–Crippen LogP) is 0.236. The van der Waals surface area contributed by atoms with Crippen molar-refractivity contribution in [2.75, 3.05) is 27.3 Å². The first-order chi connectivity index (χ1) is 11.8. The molecular weight excluding hydrogens is 368 g/mol. The number of fused-ring (bicyclic) bond motifs is 3. The lowest BCUT2D eigenvalue weighted by molar-refractivity contribution is -0.290. The molecule has 3 unspecified atom stereocenters. The van der Waals surface area contributed by atoms with Gasteiger partial charge in [-0.15, -0.1) is 4.40 Å². The maximum absolute atomic E-state index is 12.0. The van der Waals surface area contributed by atoms with Crippen molar-refractivity contribution in [3.05, 3.63) is 0 Å². The van der Waals surface area contributed by atoms with Crippen LogP contribution in [0.5, 0.6) is 0 Å². The third-order valence-electron chi connectivity index (χ3n) is 4.09. The van der Waals surface area contributed by atoms with E-state index in [1.54, 1.807) is 41.8 Å². The summed E-state index contributed by atoms with van der Waals surface area (Å²) in [6, 6.07) is 0. The van der Waals surface area contributed by atoms with E-state index in [2.05, 4.69) is 4.40 Å². The van der Waals surface area contributed by atoms with E-state index in [0.717, 1.165) is 6.34 Å². The van der Waals surface area contributed by atoms with Crippen LogP contribution in [0.15, 0.2) is 4.40 Å². The van der Waals surface area contributed by atoms with E-state index >= 15 is 0 Å². The van der Waals surface area contributed by atoms with Crippen LogP contribution < -0.4 is 0 Å². The van der Waals surface area contributed by atoms with Crippen molar-refractivity contribution in [1.29, 1.82) is 0 Å². The van der Waals surface area contributed by atoms with Gasteiger partial charge in [0.05, 0.1) is 6.61 Å². The summed E-state index contributed by atoms with van der Waals surface area (Å²) in [6.45, 7) is 6.77. The third-order valence-corrected chi connectivity index (χ3v) is 4.86. The van der Waals surface area contributed by atoms with Crippen molar-refractivity contribution in [3.63, 3.8) is 0 Å². The Labute approximate surface area is 153 Å². The van der Waals surface area contributed by atoms with E-state index < -0.39 is 46.5 Å².